The molecule has 0 spiro atoms. The van der Waals surface area contributed by atoms with Crippen LogP contribution < -0.4 is 0 Å². The Kier molecular flexibility index (Phi) is 2.34. The molecule has 0 aliphatic carbocycles. The molecule has 7 nitrogen and oxygen atoms in total. The molecule has 0 unspecified atom stereocenters. The number of ether oxygens (including phenoxy) is 5. The normalized spacial score (nSPS) is 47.7. The molecule has 7 heteroatoms. The molecule has 96 valence electrons. The number of fused-ring (bicyclic) bond motifs is 1. The number of carbonyl (C=O) groups excluding carboxylic acids is 1. The highest BCUT2D eigenvalue weighted by atomic mass is 16.8. The first kappa shape index (κ1) is 11.2. The standard InChI is InChI=1S/C10H14O7/c1-10(2)16-7-5(11)6(15-8(7)17-10)4-3-13-9(12)14-4/h4-8,11H,3H2,1-2H3/t4-,5+,6-,7-,8-/m1/s1. The van der Waals surface area contributed by atoms with Gasteiger partial charge in [-0.15, -0.1) is 0 Å². The summed E-state index contributed by atoms with van der Waals surface area (Å²) in [6, 6.07) is 0. The Bertz CT molecular complexity index is 342. The summed E-state index contributed by atoms with van der Waals surface area (Å²) in [4.78, 5) is 10.8. The summed E-state index contributed by atoms with van der Waals surface area (Å²) in [5, 5.41) is 10.1. The van der Waals surface area contributed by atoms with Gasteiger partial charge in [-0.05, 0) is 13.8 Å². The van der Waals surface area contributed by atoms with E-state index in [1.807, 2.05) is 0 Å². The Morgan fingerprint density at radius 1 is 1.29 bits per heavy atom. The number of hydrogen-bond donors (Lipinski definition) is 1. The second-order valence-electron chi connectivity index (χ2n) is 4.78. The van der Waals surface area contributed by atoms with Crippen molar-refractivity contribution in [3.05, 3.63) is 0 Å². The van der Waals surface area contributed by atoms with E-state index in [2.05, 4.69) is 4.74 Å². The van der Waals surface area contributed by atoms with E-state index in [0.717, 1.165) is 0 Å². The minimum absolute atomic E-state index is 0.0728. The molecule has 3 aliphatic heterocycles. The van der Waals surface area contributed by atoms with Gasteiger partial charge >= 0.3 is 6.16 Å². The van der Waals surface area contributed by atoms with Crippen LogP contribution in [-0.4, -0.2) is 54.4 Å². The second-order valence-corrected chi connectivity index (χ2v) is 4.78. The van der Waals surface area contributed by atoms with Gasteiger partial charge < -0.3 is 28.8 Å². The zero-order chi connectivity index (χ0) is 12.2. The maximum atomic E-state index is 10.8. The van der Waals surface area contributed by atoms with Crippen LogP contribution in [0.5, 0.6) is 0 Å². The van der Waals surface area contributed by atoms with Crippen molar-refractivity contribution in [2.45, 2.75) is 50.3 Å². The van der Waals surface area contributed by atoms with Crippen molar-refractivity contribution in [2.75, 3.05) is 6.61 Å². The summed E-state index contributed by atoms with van der Waals surface area (Å²) in [7, 11) is 0. The molecule has 0 amide bonds. The predicted molar refractivity (Wildman–Crippen MR) is 50.9 cm³/mol. The van der Waals surface area contributed by atoms with Crippen LogP contribution in [-0.2, 0) is 23.7 Å². The van der Waals surface area contributed by atoms with Crippen molar-refractivity contribution in [3.63, 3.8) is 0 Å². The lowest BCUT2D eigenvalue weighted by Crippen LogP contribution is -2.41. The zero-order valence-electron chi connectivity index (χ0n) is 9.49. The van der Waals surface area contributed by atoms with Gasteiger partial charge in [0.2, 0.25) is 0 Å². The van der Waals surface area contributed by atoms with Gasteiger partial charge in [0, 0.05) is 0 Å². The first-order chi connectivity index (χ1) is 7.96. The molecule has 0 saturated carbocycles. The van der Waals surface area contributed by atoms with E-state index >= 15 is 0 Å². The molecule has 3 heterocycles. The Morgan fingerprint density at radius 2 is 2.06 bits per heavy atom. The third kappa shape index (κ3) is 1.79. The summed E-state index contributed by atoms with van der Waals surface area (Å²) in [6.07, 6.45) is -4.13. The van der Waals surface area contributed by atoms with Crippen molar-refractivity contribution in [1.82, 2.24) is 0 Å². The molecule has 3 rings (SSSR count). The van der Waals surface area contributed by atoms with E-state index in [9.17, 15) is 9.90 Å². The third-order valence-electron chi connectivity index (χ3n) is 3.03. The van der Waals surface area contributed by atoms with Gasteiger partial charge in [0.25, 0.3) is 0 Å². The smallest absolute Gasteiger partial charge is 0.430 e. The SMILES string of the molecule is CC1(C)O[C@H]2O[C@H]([C@H]3COC(=O)O3)[C@H](O)[C@H]2O1. The molecule has 0 radical (unpaired) electrons. The molecule has 0 aromatic heterocycles. The van der Waals surface area contributed by atoms with E-state index < -0.39 is 42.6 Å². The van der Waals surface area contributed by atoms with Gasteiger partial charge in [-0.1, -0.05) is 0 Å². The maximum absolute atomic E-state index is 10.8. The third-order valence-corrected chi connectivity index (χ3v) is 3.03. The molecule has 0 bridgehead atoms. The average molecular weight is 246 g/mol. The molecule has 3 fully saturated rings. The molecule has 1 N–H and O–H groups in total. The summed E-state index contributed by atoms with van der Waals surface area (Å²) in [5.41, 5.74) is 0. The average Bonchev–Trinajstić information content (AvgIpc) is 2.83. The number of aliphatic hydroxyl groups excluding tert-OH is 1. The van der Waals surface area contributed by atoms with Crippen LogP contribution in [0, 0.1) is 0 Å². The van der Waals surface area contributed by atoms with Crippen LogP contribution in [0.1, 0.15) is 13.8 Å². The van der Waals surface area contributed by atoms with E-state index in [4.69, 9.17) is 18.9 Å². The summed E-state index contributed by atoms with van der Waals surface area (Å²) >= 11 is 0. The van der Waals surface area contributed by atoms with Gasteiger partial charge in [0.05, 0.1) is 0 Å². The van der Waals surface area contributed by atoms with Crippen LogP contribution in [0.15, 0.2) is 0 Å². The largest absolute Gasteiger partial charge is 0.508 e. The van der Waals surface area contributed by atoms with Crippen molar-refractivity contribution in [3.8, 4) is 0 Å². The summed E-state index contributed by atoms with van der Waals surface area (Å²) < 4.78 is 26.0. The zero-order valence-corrected chi connectivity index (χ0v) is 9.49. The fourth-order valence-electron chi connectivity index (χ4n) is 2.33. The Labute approximate surface area is 97.5 Å². The van der Waals surface area contributed by atoms with Crippen molar-refractivity contribution < 1.29 is 33.6 Å². The molecule has 17 heavy (non-hydrogen) atoms. The van der Waals surface area contributed by atoms with Gasteiger partial charge in [-0.2, -0.15) is 0 Å². The molecule has 5 atom stereocenters. The predicted octanol–water partition coefficient (Wildman–Crippen LogP) is -0.241. The lowest BCUT2D eigenvalue weighted by Gasteiger charge is -2.24. The van der Waals surface area contributed by atoms with E-state index in [1.165, 1.54) is 0 Å². The lowest BCUT2D eigenvalue weighted by atomic mass is 10.1. The Morgan fingerprint density at radius 3 is 2.65 bits per heavy atom. The fraction of sp³-hybridized carbons (Fsp3) is 0.900. The van der Waals surface area contributed by atoms with Gasteiger partial charge in [0.1, 0.15) is 24.9 Å². The highest BCUT2D eigenvalue weighted by molar-refractivity contribution is 5.62. The van der Waals surface area contributed by atoms with E-state index in [0.29, 0.717) is 0 Å². The number of cyclic esters (lactones) is 2. The first-order valence-electron chi connectivity index (χ1n) is 5.49. The van der Waals surface area contributed by atoms with Crippen LogP contribution in [0.3, 0.4) is 0 Å². The number of hydrogen-bond acceptors (Lipinski definition) is 7. The molecule has 3 aliphatic rings. The van der Waals surface area contributed by atoms with Crippen molar-refractivity contribution >= 4 is 6.16 Å². The maximum Gasteiger partial charge on any atom is 0.508 e. The number of carbonyl (C=O) groups is 1. The number of rotatable bonds is 1. The monoisotopic (exact) mass is 246 g/mol. The summed E-state index contributed by atoms with van der Waals surface area (Å²) in [5.74, 6) is -0.774. The van der Waals surface area contributed by atoms with Gasteiger partial charge in [-0.25, -0.2) is 4.79 Å². The van der Waals surface area contributed by atoms with Crippen LogP contribution in [0.4, 0.5) is 4.79 Å². The van der Waals surface area contributed by atoms with Crippen LogP contribution >= 0.6 is 0 Å². The Hall–Kier alpha value is -0.890. The van der Waals surface area contributed by atoms with Gasteiger partial charge in [-0.3, -0.25) is 0 Å². The lowest BCUT2D eigenvalue weighted by molar-refractivity contribution is -0.223. The van der Waals surface area contributed by atoms with E-state index in [1.54, 1.807) is 13.8 Å². The molecule has 0 aromatic rings. The Balaban J connectivity index is 1.70. The highest BCUT2D eigenvalue weighted by Gasteiger charge is 2.57. The van der Waals surface area contributed by atoms with Crippen LogP contribution in [0.2, 0.25) is 0 Å². The quantitative estimate of drug-likeness (QED) is 0.639. The fourth-order valence-corrected chi connectivity index (χ4v) is 2.33. The molecular formula is C10H14O7. The van der Waals surface area contributed by atoms with Crippen LogP contribution in [0.25, 0.3) is 0 Å². The second kappa shape index (κ2) is 3.55. The van der Waals surface area contributed by atoms with Crippen molar-refractivity contribution in [1.29, 1.82) is 0 Å². The van der Waals surface area contributed by atoms with Gasteiger partial charge in [0.15, 0.2) is 18.2 Å². The molecular weight excluding hydrogens is 232 g/mol. The summed E-state index contributed by atoms with van der Waals surface area (Å²) in [6.45, 7) is 3.56. The van der Waals surface area contributed by atoms with Crippen molar-refractivity contribution in [2.24, 2.45) is 0 Å². The molecule has 0 aromatic carbocycles. The topological polar surface area (TPSA) is 83.5 Å². The van der Waals surface area contributed by atoms with E-state index in [-0.39, 0.29) is 6.61 Å². The number of aliphatic hydroxyl groups is 1. The minimum atomic E-state index is -0.902. The first-order valence-corrected chi connectivity index (χ1v) is 5.49. The minimum Gasteiger partial charge on any atom is -0.430 e. The highest BCUT2D eigenvalue weighted by Crippen LogP contribution is 2.39. The molecule has 3 saturated heterocycles.